The first kappa shape index (κ1) is 14.3. The van der Waals surface area contributed by atoms with Gasteiger partial charge in [-0.2, -0.15) is 0 Å². The van der Waals surface area contributed by atoms with Gasteiger partial charge in [-0.25, -0.2) is 4.79 Å². The molecule has 1 fully saturated rings. The molecule has 0 heterocycles. The van der Waals surface area contributed by atoms with Gasteiger partial charge in [0.1, 0.15) is 0 Å². The Morgan fingerprint density at radius 3 is 2.18 bits per heavy atom. The van der Waals surface area contributed by atoms with Gasteiger partial charge in [-0.1, -0.05) is 19.8 Å². The standard InChI is InChI=1S/C14H28N2O/c1-4-7-12-8-10-13(11-9-12)15-14(17)16(5-2)6-3/h12-13H,4-11H2,1-3H3,(H,15,17). The molecular weight excluding hydrogens is 212 g/mol. The molecule has 0 spiro atoms. The summed E-state index contributed by atoms with van der Waals surface area (Å²) in [6, 6.07) is 0.533. The Balaban J connectivity index is 2.27. The van der Waals surface area contributed by atoms with Crippen LogP contribution in [0.2, 0.25) is 0 Å². The Morgan fingerprint density at radius 1 is 1.12 bits per heavy atom. The summed E-state index contributed by atoms with van der Waals surface area (Å²) in [5, 5.41) is 3.17. The van der Waals surface area contributed by atoms with E-state index in [0.717, 1.165) is 31.8 Å². The zero-order valence-electron chi connectivity index (χ0n) is 11.7. The molecule has 3 nitrogen and oxygen atoms in total. The van der Waals surface area contributed by atoms with Crippen molar-refractivity contribution in [3.63, 3.8) is 0 Å². The highest BCUT2D eigenvalue weighted by atomic mass is 16.2. The van der Waals surface area contributed by atoms with E-state index in [1.54, 1.807) is 0 Å². The van der Waals surface area contributed by atoms with Crippen LogP contribution in [-0.2, 0) is 0 Å². The first-order valence-electron chi connectivity index (χ1n) is 7.26. The molecule has 0 aromatic rings. The lowest BCUT2D eigenvalue weighted by Gasteiger charge is -2.30. The van der Waals surface area contributed by atoms with Crippen LogP contribution < -0.4 is 5.32 Å². The van der Waals surface area contributed by atoms with Gasteiger partial charge in [0.15, 0.2) is 0 Å². The second-order valence-corrected chi connectivity index (χ2v) is 5.13. The number of nitrogens with zero attached hydrogens (tertiary/aromatic N) is 1. The lowest BCUT2D eigenvalue weighted by Crippen LogP contribution is -2.45. The predicted molar refractivity (Wildman–Crippen MR) is 72.1 cm³/mol. The number of rotatable bonds is 5. The molecule has 0 aromatic heterocycles. The molecule has 1 aliphatic rings. The molecule has 0 saturated heterocycles. The normalized spacial score (nSPS) is 24.4. The first-order valence-corrected chi connectivity index (χ1v) is 7.26. The van der Waals surface area contributed by atoms with Gasteiger partial charge in [-0.15, -0.1) is 0 Å². The Hall–Kier alpha value is -0.730. The summed E-state index contributed by atoms with van der Waals surface area (Å²) >= 11 is 0. The van der Waals surface area contributed by atoms with Gasteiger partial charge in [-0.05, 0) is 45.4 Å². The van der Waals surface area contributed by atoms with Gasteiger partial charge in [0.05, 0.1) is 0 Å². The number of carbonyl (C=O) groups excluding carboxylic acids is 1. The fraction of sp³-hybridized carbons (Fsp3) is 0.929. The average molecular weight is 240 g/mol. The van der Waals surface area contributed by atoms with Crippen LogP contribution in [0.5, 0.6) is 0 Å². The highest BCUT2D eigenvalue weighted by molar-refractivity contribution is 5.74. The van der Waals surface area contributed by atoms with E-state index in [4.69, 9.17) is 0 Å². The van der Waals surface area contributed by atoms with E-state index < -0.39 is 0 Å². The van der Waals surface area contributed by atoms with Gasteiger partial charge < -0.3 is 10.2 Å². The van der Waals surface area contributed by atoms with Crippen molar-refractivity contribution >= 4 is 6.03 Å². The van der Waals surface area contributed by atoms with E-state index in [2.05, 4.69) is 12.2 Å². The molecule has 1 aliphatic carbocycles. The smallest absolute Gasteiger partial charge is 0.317 e. The predicted octanol–water partition coefficient (Wildman–Crippen LogP) is 3.40. The Morgan fingerprint density at radius 2 is 1.71 bits per heavy atom. The molecule has 17 heavy (non-hydrogen) atoms. The maximum Gasteiger partial charge on any atom is 0.317 e. The maximum atomic E-state index is 11.9. The molecule has 0 unspecified atom stereocenters. The summed E-state index contributed by atoms with van der Waals surface area (Å²) in [6.45, 7) is 7.91. The van der Waals surface area contributed by atoms with Crippen LogP contribution in [0.15, 0.2) is 0 Å². The topological polar surface area (TPSA) is 32.3 Å². The van der Waals surface area contributed by atoms with Crippen molar-refractivity contribution in [1.82, 2.24) is 10.2 Å². The van der Waals surface area contributed by atoms with Gasteiger partial charge in [-0.3, -0.25) is 0 Å². The summed E-state index contributed by atoms with van der Waals surface area (Å²) in [6.07, 6.45) is 7.56. The zero-order chi connectivity index (χ0) is 12.7. The molecule has 1 saturated carbocycles. The highest BCUT2D eigenvalue weighted by Crippen LogP contribution is 2.27. The molecule has 0 aromatic carbocycles. The number of hydrogen-bond donors (Lipinski definition) is 1. The van der Waals surface area contributed by atoms with Crippen LogP contribution in [0.25, 0.3) is 0 Å². The van der Waals surface area contributed by atoms with Crippen molar-refractivity contribution in [2.75, 3.05) is 13.1 Å². The Bertz CT molecular complexity index is 218. The van der Waals surface area contributed by atoms with Crippen molar-refractivity contribution < 1.29 is 4.79 Å². The molecule has 2 amide bonds. The number of urea groups is 1. The molecule has 0 atom stereocenters. The van der Waals surface area contributed by atoms with Crippen LogP contribution in [0.1, 0.15) is 59.3 Å². The molecular formula is C14H28N2O. The molecule has 0 bridgehead atoms. The molecule has 0 radical (unpaired) electrons. The summed E-state index contributed by atoms with van der Waals surface area (Å²) in [7, 11) is 0. The monoisotopic (exact) mass is 240 g/mol. The van der Waals surface area contributed by atoms with Gasteiger partial charge in [0, 0.05) is 19.1 Å². The number of nitrogens with one attached hydrogen (secondary N) is 1. The summed E-state index contributed by atoms with van der Waals surface area (Å²) in [5.41, 5.74) is 0. The minimum Gasteiger partial charge on any atom is -0.335 e. The molecule has 0 aliphatic heterocycles. The Labute approximate surface area is 106 Å². The van der Waals surface area contributed by atoms with E-state index in [1.807, 2.05) is 18.7 Å². The van der Waals surface area contributed by atoms with E-state index in [1.165, 1.54) is 25.7 Å². The van der Waals surface area contributed by atoms with Crippen LogP contribution >= 0.6 is 0 Å². The number of carbonyl (C=O) groups is 1. The van der Waals surface area contributed by atoms with Crippen molar-refractivity contribution in [1.29, 1.82) is 0 Å². The quantitative estimate of drug-likeness (QED) is 0.785. The number of hydrogen-bond acceptors (Lipinski definition) is 1. The van der Waals surface area contributed by atoms with E-state index in [9.17, 15) is 4.79 Å². The first-order chi connectivity index (χ1) is 8.21. The average Bonchev–Trinajstić information content (AvgIpc) is 2.33. The van der Waals surface area contributed by atoms with E-state index in [0.29, 0.717) is 6.04 Å². The van der Waals surface area contributed by atoms with Crippen LogP contribution in [0.3, 0.4) is 0 Å². The second kappa shape index (κ2) is 7.57. The summed E-state index contributed by atoms with van der Waals surface area (Å²) < 4.78 is 0. The van der Waals surface area contributed by atoms with Gasteiger partial charge in [0.25, 0.3) is 0 Å². The fourth-order valence-electron chi connectivity index (χ4n) is 2.78. The maximum absolute atomic E-state index is 11.9. The minimum absolute atomic E-state index is 0.119. The molecule has 3 heteroatoms. The minimum atomic E-state index is 0.119. The third-order valence-corrected chi connectivity index (χ3v) is 3.92. The highest BCUT2D eigenvalue weighted by Gasteiger charge is 2.22. The summed E-state index contributed by atoms with van der Waals surface area (Å²) in [4.78, 5) is 13.8. The third kappa shape index (κ3) is 4.57. The van der Waals surface area contributed by atoms with Crippen molar-refractivity contribution in [2.24, 2.45) is 5.92 Å². The van der Waals surface area contributed by atoms with Gasteiger partial charge in [0.2, 0.25) is 0 Å². The molecule has 1 N–H and O–H groups in total. The lowest BCUT2D eigenvalue weighted by atomic mass is 9.83. The molecule has 100 valence electrons. The molecule has 1 rings (SSSR count). The van der Waals surface area contributed by atoms with Crippen molar-refractivity contribution in [3.05, 3.63) is 0 Å². The van der Waals surface area contributed by atoms with Crippen LogP contribution in [0.4, 0.5) is 4.79 Å². The summed E-state index contributed by atoms with van der Waals surface area (Å²) in [5.74, 6) is 0.904. The number of amides is 2. The van der Waals surface area contributed by atoms with Crippen molar-refractivity contribution in [2.45, 2.75) is 65.3 Å². The second-order valence-electron chi connectivity index (χ2n) is 5.13. The largest absolute Gasteiger partial charge is 0.335 e. The third-order valence-electron chi connectivity index (χ3n) is 3.92. The Kier molecular flexibility index (Phi) is 6.38. The zero-order valence-corrected chi connectivity index (χ0v) is 11.7. The van der Waals surface area contributed by atoms with Crippen LogP contribution in [-0.4, -0.2) is 30.1 Å². The van der Waals surface area contributed by atoms with Crippen LogP contribution in [0, 0.1) is 5.92 Å². The van der Waals surface area contributed by atoms with E-state index in [-0.39, 0.29) is 6.03 Å². The van der Waals surface area contributed by atoms with Gasteiger partial charge >= 0.3 is 6.03 Å². The van der Waals surface area contributed by atoms with Crippen molar-refractivity contribution in [3.8, 4) is 0 Å². The fourth-order valence-corrected chi connectivity index (χ4v) is 2.78. The lowest BCUT2D eigenvalue weighted by molar-refractivity contribution is 0.190. The van der Waals surface area contributed by atoms with E-state index >= 15 is 0 Å². The SMILES string of the molecule is CCCC1CCC(NC(=O)N(CC)CC)CC1.